The van der Waals surface area contributed by atoms with Gasteiger partial charge in [0.1, 0.15) is 12.3 Å². The van der Waals surface area contributed by atoms with Gasteiger partial charge in [0.05, 0.1) is 5.56 Å². The third-order valence-electron chi connectivity index (χ3n) is 5.93. The standard InChI is InChI=1S/C25H23F6N5O2/c26-24(27,28)15-32-23(38)21-4-5-22(34-33-21)36-8-6-35(7-9-36)14-16-10-18(12-19(11-16)25(29,30)31)17-2-1-3-20(37)13-17/h1-5,10-13,37H,6-9,14-15H2,(H,32,38). The van der Waals surface area contributed by atoms with E-state index in [1.54, 1.807) is 23.5 Å². The molecule has 0 atom stereocenters. The van der Waals surface area contributed by atoms with Crippen molar-refractivity contribution in [2.75, 3.05) is 37.6 Å². The summed E-state index contributed by atoms with van der Waals surface area (Å²) in [6.07, 6.45) is -9.07. The summed E-state index contributed by atoms with van der Waals surface area (Å²) < 4.78 is 77.5. The number of hydrogen-bond acceptors (Lipinski definition) is 6. The minimum Gasteiger partial charge on any atom is -0.508 e. The first-order valence-electron chi connectivity index (χ1n) is 11.5. The predicted molar refractivity (Wildman–Crippen MR) is 126 cm³/mol. The lowest BCUT2D eigenvalue weighted by atomic mass is 9.99. The Morgan fingerprint density at radius 2 is 1.63 bits per heavy atom. The van der Waals surface area contributed by atoms with Gasteiger partial charge in [-0.1, -0.05) is 12.1 Å². The highest BCUT2D eigenvalue weighted by Gasteiger charge is 2.32. The molecule has 0 unspecified atom stereocenters. The average Bonchev–Trinajstić information content (AvgIpc) is 2.87. The number of phenolic OH excluding ortho intramolecular Hbond substituents is 1. The average molecular weight is 539 g/mol. The van der Waals surface area contributed by atoms with Crippen LogP contribution in [0.5, 0.6) is 5.75 Å². The molecule has 0 aliphatic carbocycles. The van der Waals surface area contributed by atoms with Crippen LogP contribution in [0.1, 0.15) is 21.6 Å². The van der Waals surface area contributed by atoms with Crippen molar-refractivity contribution in [3.05, 3.63) is 71.4 Å². The van der Waals surface area contributed by atoms with Crippen molar-refractivity contribution < 1.29 is 36.2 Å². The molecule has 13 heteroatoms. The largest absolute Gasteiger partial charge is 0.508 e. The molecule has 1 aromatic heterocycles. The first-order valence-corrected chi connectivity index (χ1v) is 11.5. The summed E-state index contributed by atoms with van der Waals surface area (Å²) in [4.78, 5) is 15.7. The van der Waals surface area contributed by atoms with Crippen LogP contribution in [0, 0.1) is 0 Å². The molecule has 0 spiro atoms. The van der Waals surface area contributed by atoms with Crippen molar-refractivity contribution in [2.45, 2.75) is 18.9 Å². The molecule has 3 aromatic rings. The Hall–Kier alpha value is -3.87. The fourth-order valence-corrected chi connectivity index (χ4v) is 4.08. The van der Waals surface area contributed by atoms with Gasteiger partial charge in [0.25, 0.3) is 5.91 Å². The molecule has 0 saturated carbocycles. The molecular formula is C25H23F6N5O2. The van der Waals surface area contributed by atoms with Crippen LogP contribution < -0.4 is 10.2 Å². The minimum atomic E-state index is -4.54. The van der Waals surface area contributed by atoms with Gasteiger partial charge in [-0.05, 0) is 59.2 Å². The van der Waals surface area contributed by atoms with Crippen molar-refractivity contribution in [3.63, 3.8) is 0 Å². The van der Waals surface area contributed by atoms with Gasteiger partial charge >= 0.3 is 12.4 Å². The van der Waals surface area contributed by atoms with Gasteiger partial charge in [0.15, 0.2) is 11.5 Å². The van der Waals surface area contributed by atoms with Crippen molar-refractivity contribution >= 4 is 11.7 Å². The quantitative estimate of drug-likeness (QED) is 0.450. The number of rotatable bonds is 6. The summed E-state index contributed by atoms with van der Waals surface area (Å²) in [7, 11) is 0. The lowest BCUT2D eigenvalue weighted by Crippen LogP contribution is -2.46. The van der Waals surface area contributed by atoms with Crippen LogP contribution >= 0.6 is 0 Å². The highest BCUT2D eigenvalue weighted by atomic mass is 19.4. The van der Waals surface area contributed by atoms with E-state index in [-0.39, 0.29) is 18.0 Å². The van der Waals surface area contributed by atoms with Crippen molar-refractivity contribution in [2.24, 2.45) is 0 Å². The summed E-state index contributed by atoms with van der Waals surface area (Å²) in [5.74, 6) is -0.602. The number of piperazine rings is 1. The van der Waals surface area contributed by atoms with Crippen LogP contribution in [-0.4, -0.2) is 65.0 Å². The summed E-state index contributed by atoms with van der Waals surface area (Å²) in [6, 6.07) is 12.7. The van der Waals surface area contributed by atoms with Gasteiger partial charge in [-0.25, -0.2) is 0 Å². The first kappa shape index (κ1) is 27.2. The SMILES string of the molecule is O=C(NCC(F)(F)F)c1ccc(N2CCN(Cc3cc(-c4cccc(O)c4)cc(C(F)(F)F)c3)CC2)nn1. The van der Waals surface area contributed by atoms with E-state index in [1.807, 2.05) is 9.80 Å². The summed E-state index contributed by atoms with van der Waals surface area (Å²) in [6.45, 7) is 0.770. The highest BCUT2D eigenvalue weighted by molar-refractivity contribution is 5.92. The molecule has 2 heterocycles. The molecule has 4 rings (SSSR count). The lowest BCUT2D eigenvalue weighted by Gasteiger charge is -2.35. The fourth-order valence-electron chi connectivity index (χ4n) is 4.08. The Bertz CT molecular complexity index is 1270. The summed E-state index contributed by atoms with van der Waals surface area (Å²) >= 11 is 0. The molecule has 1 amide bonds. The second kappa shape index (κ2) is 10.9. The normalized spacial score (nSPS) is 14.9. The number of aromatic hydroxyl groups is 1. The van der Waals surface area contributed by atoms with Crippen LogP contribution in [0.2, 0.25) is 0 Å². The number of alkyl halides is 6. The first-order chi connectivity index (χ1) is 17.9. The number of nitrogens with zero attached hydrogens (tertiary/aromatic N) is 4. The topological polar surface area (TPSA) is 81.6 Å². The second-order valence-corrected chi connectivity index (χ2v) is 8.80. The maximum Gasteiger partial charge on any atom is 0.416 e. The van der Waals surface area contributed by atoms with Crippen molar-refractivity contribution in [3.8, 4) is 16.9 Å². The maximum atomic E-state index is 13.6. The third kappa shape index (κ3) is 7.12. The molecule has 0 bridgehead atoms. The van der Waals surface area contributed by atoms with E-state index < -0.39 is 30.4 Å². The van der Waals surface area contributed by atoms with Crippen LogP contribution in [0.4, 0.5) is 32.2 Å². The zero-order chi connectivity index (χ0) is 27.5. The number of amides is 1. The van der Waals surface area contributed by atoms with E-state index in [0.29, 0.717) is 48.7 Å². The van der Waals surface area contributed by atoms with Crippen LogP contribution in [0.15, 0.2) is 54.6 Å². The molecule has 1 aliphatic rings. The second-order valence-electron chi connectivity index (χ2n) is 8.80. The Labute approximate surface area is 213 Å². The van der Waals surface area contributed by atoms with E-state index in [9.17, 15) is 36.2 Å². The van der Waals surface area contributed by atoms with Gasteiger partial charge in [-0.2, -0.15) is 26.3 Å². The molecule has 1 saturated heterocycles. The number of carbonyl (C=O) groups excluding carboxylic acids is 1. The van der Waals surface area contributed by atoms with Crippen molar-refractivity contribution in [1.29, 1.82) is 0 Å². The minimum absolute atomic E-state index is 0.0457. The molecule has 38 heavy (non-hydrogen) atoms. The molecule has 1 aliphatic heterocycles. The van der Waals surface area contributed by atoms with Gasteiger partial charge in [-0.3, -0.25) is 9.69 Å². The number of aromatic nitrogens is 2. The smallest absolute Gasteiger partial charge is 0.416 e. The summed E-state index contributed by atoms with van der Waals surface area (Å²) in [5.41, 5.74) is 0.265. The van der Waals surface area contributed by atoms with Crippen LogP contribution in [0.3, 0.4) is 0 Å². The van der Waals surface area contributed by atoms with Crippen molar-refractivity contribution in [1.82, 2.24) is 20.4 Å². The van der Waals surface area contributed by atoms with Gasteiger partial charge in [-0.15, -0.1) is 10.2 Å². The Balaban J connectivity index is 1.40. The molecule has 7 nitrogen and oxygen atoms in total. The molecule has 202 valence electrons. The monoisotopic (exact) mass is 539 g/mol. The number of carbonyl (C=O) groups is 1. The number of nitrogens with one attached hydrogen (secondary N) is 1. The van der Waals surface area contributed by atoms with E-state index in [2.05, 4.69) is 10.2 Å². The molecule has 1 fully saturated rings. The number of anilines is 1. The van der Waals surface area contributed by atoms with Crippen LogP contribution in [-0.2, 0) is 12.7 Å². The molecule has 2 aromatic carbocycles. The zero-order valence-electron chi connectivity index (χ0n) is 19.9. The molecule has 0 radical (unpaired) electrons. The van der Waals surface area contributed by atoms with E-state index >= 15 is 0 Å². The van der Waals surface area contributed by atoms with Gasteiger partial charge in [0.2, 0.25) is 0 Å². The predicted octanol–water partition coefficient (Wildman–Crippen LogP) is 4.48. The van der Waals surface area contributed by atoms with E-state index in [0.717, 1.165) is 12.1 Å². The Morgan fingerprint density at radius 1 is 0.895 bits per heavy atom. The van der Waals surface area contributed by atoms with Crippen LogP contribution in [0.25, 0.3) is 11.1 Å². The lowest BCUT2D eigenvalue weighted by molar-refractivity contribution is -0.137. The Morgan fingerprint density at radius 3 is 2.24 bits per heavy atom. The number of hydrogen-bond donors (Lipinski definition) is 2. The van der Waals surface area contributed by atoms with E-state index in [4.69, 9.17) is 0 Å². The third-order valence-corrected chi connectivity index (χ3v) is 5.93. The zero-order valence-corrected chi connectivity index (χ0v) is 19.9. The maximum absolute atomic E-state index is 13.6. The molecule has 2 N–H and O–H groups in total. The van der Waals surface area contributed by atoms with Gasteiger partial charge < -0.3 is 15.3 Å². The van der Waals surface area contributed by atoms with Gasteiger partial charge in [0, 0.05) is 32.7 Å². The number of halogens is 6. The van der Waals surface area contributed by atoms with E-state index in [1.165, 1.54) is 24.3 Å². The fraction of sp³-hybridized carbons (Fsp3) is 0.320. The Kier molecular flexibility index (Phi) is 7.76. The highest BCUT2D eigenvalue weighted by Crippen LogP contribution is 2.34. The number of phenols is 1. The summed E-state index contributed by atoms with van der Waals surface area (Å²) in [5, 5.41) is 19.1. The number of benzene rings is 2. The molecular weight excluding hydrogens is 516 g/mol.